The number of piperidine rings is 1. The number of hydrogen-bond donors (Lipinski definition) is 1. The molecular formula is C36H36Cl2FN3O6. The number of halogens is 3. The Bertz CT molecular complexity index is 1750. The molecular weight excluding hydrogens is 660 g/mol. The number of anilines is 2. The number of nitrogens with zero attached hydrogens (tertiary/aromatic N) is 3. The Morgan fingerprint density at radius 2 is 1.58 bits per heavy atom. The Kier molecular flexibility index (Phi) is 8.18. The number of carboxylic acids is 1. The van der Waals surface area contributed by atoms with E-state index in [1.54, 1.807) is 25.3 Å². The van der Waals surface area contributed by atoms with Crippen LogP contribution in [0.15, 0.2) is 42.5 Å². The molecule has 48 heavy (non-hydrogen) atoms. The molecule has 5 heterocycles. The number of aromatic carboxylic acids is 1. The van der Waals surface area contributed by atoms with Crippen molar-refractivity contribution in [2.24, 2.45) is 0 Å². The minimum atomic E-state index is -1.18. The van der Waals surface area contributed by atoms with E-state index in [4.69, 9.17) is 37.4 Å². The standard InChI is InChI=1S/C36H36Cl2FN3O6/c1-46-25-9-20-5-6-21(10-25)41(20)24-11-29(37)33(30(38)12-24)35(43)40-15-19-3-2-4-26(34(19)48-18-40)27-14-32(28(36(44)45)13-31(27)39)42-22-7-8-23(42)17-47-16-22/h2-4,11-14,20-23,25H,5-10,15-18H2,1H3,(H,44,45)/t20-,21+,22?,23?,25+. The maximum Gasteiger partial charge on any atom is 0.337 e. The number of carboxylic acid groups (broad SMARTS) is 1. The first-order valence-electron chi connectivity index (χ1n) is 16.5. The molecule has 4 fully saturated rings. The Morgan fingerprint density at radius 3 is 2.23 bits per heavy atom. The number of fused-ring (bicyclic) bond motifs is 5. The van der Waals surface area contributed by atoms with Gasteiger partial charge in [0.15, 0.2) is 6.73 Å². The van der Waals surface area contributed by atoms with E-state index in [1.165, 1.54) is 4.90 Å². The summed E-state index contributed by atoms with van der Waals surface area (Å²) in [7, 11) is 1.76. The number of amides is 1. The van der Waals surface area contributed by atoms with Crippen LogP contribution in [0.1, 0.15) is 64.8 Å². The van der Waals surface area contributed by atoms with Gasteiger partial charge in [0.1, 0.15) is 11.6 Å². The number of rotatable bonds is 6. The third kappa shape index (κ3) is 5.28. The molecule has 5 atom stereocenters. The van der Waals surface area contributed by atoms with Crippen LogP contribution >= 0.6 is 23.2 Å². The first-order valence-corrected chi connectivity index (χ1v) is 17.2. The predicted molar refractivity (Wildman–Crippen MR) is 180 cm³/mol. The van der Waals surface area contributed by atoms with E-state index in [0.29, 0.717) is 47.9 Å². The van der Waals surface area contributed by atoms with Crippen molar-refractivity contribution in [3.63, 3.8) is 0 Å². The van der Waals surface area contributed by atoms with Gasteiger partial charge in [-0.05, 0) is 62.8 Å². The van der Waals surface area contributed by atoms with Crippen molar-refractivity contribution in [2.75, 3.05) is 36.9 Å². The molecule has 8 rings (SSSR count). The van der Waals surface area contributed by atoms with Crippen molar-refractivity contribution in [3.05, 3.63) is 75.0 Å². The topological polar surface area (TPSA) is 91.8 Å². The fourth-order valence-electron chi connectivity index (χ4n) is 8.60. The minimum absolute atomic E-state index is 0.0337. The molecule has 0 saturated carbocycles. The SMILES string of the molecule is CO[C@H]1C[C@H]2CC[C@@H](C1)N2c1cc(Cl)c(C(=O)N2COc3c(cccc3-c3cc(N4C5CCC4COC5)c(C(=O)O)cc3F)C2)c(Cl)c1. The fraction of sp³-hybridized carbons (Fsp3) is 0.444. The lowest BCUT2D eigenvalue weighted by molar-refractivity contribution is 0.0516. The Hall–Kier alpha value is -3.57. The van der Waals surface area contributed by atoms with Crippen LogP contribution in [0.4, 0.5) is 15.8 Å². The van der Waals surface area contributed by atoms with E-state index >= 15 is 4.39 Å². The lowest BCUT2D eigenvalue weighted by atomic mass is 9.96. The van der Waals surface area contributed by atoms with Crippen LogP contribution in [0.2, 0.25) is 10.0 Å². The van der Waals surface area contributed by atoms with Gasteiger partial charge in [-0.25, -0.2) is 9.18 Å². The molecule has 252 valence electrons. The van der Waals surface area contributed by atoms with Gasteiger partial charge in [0, 0.05) is 41.6 Å². The van der Waals surface area contributed by atoms with E-state index in [-0.39, 0.29) is 64.1 Å². The maximum absolute atomic E-state index is 15.7. The van der Waals surface area contributed by atoms with Gasteiger partial charge < -0.3 is 34.0 Å². The van der Waals surface area contributed by atoms with Gasteiger partial charge in [-0.1, -0.05) is 41.4 Å². The van der Waals surface area contributed by atoms with E-state index in [0.717, 1.165) is 50.3 Å². The van der Waals surface area contributed by atoms with E-state index in [9.17, 15) is 14.7 Å². The third-order valence-electron chi connectivity index (χ3n) is 10.8. The summed E-state index contributed by atoms with van der Waals surface area (Å²) >= 11 is 13.6. The smallest absolute Gasteiger partial charge is 0.337 e. The lowest BCUT2D eigenvalue weighted by Gasteiger charge is -2.40. The second kappa shape index (κ2) is 12.4. The van der Waals surface area contributed by atoms with E-state index in [1.807, 2.05) is 18.2 Å². The van der Waals surface area contributed by atoms with Crippen LogP contribution in [0, 0.1) is 5.82 Å². The monoisotopic (exact) mass is 695 g/mol. The van der Waals surface area contributed by atoms with Crippen molar-refractivity contribution in [2.45, 2.75) is 75.3 Å². The quantitative estimate of drug-likeness (QED) is 0.295. The molecule has 0 radical (unpaired) electrons. The fourth-order valence-corrected chi connectivity index (χ4v) is 9.24. The molecule has 4 saturated heterocycles. The summed E-state index contributed by atoms with van der Waals surface area (Å²) in [5.74, 6) is -1.77. The Balaban J connectivity index is 1.07. The van der Waals surface area contributed by atoms with Gasteiger partial charge in [-0.2, -0.15) is 0 Å². The van der Waals surface area contributed by atoms with Crippen LogP contribution in [0.25, 0.3) is 11.1 Å². The van der Waals surface area contributed by atoms with Crippen molar-refractivity contribution < 1.29 is 33.3 Å². The molecule has 9 nitrogen and oxygen atoms in total. The summed E-state index contributed by atoms with van der Waals surface area (Å²) in [4.78, 5) is 32.1. The van der Waals surface area contributed by atoms with Crippen LogP contribution < -0.4 is 14.5 Å². The Morgan fingerprint density at radius 1 is 0.917 bits per heavy atom. The summed E-state index contributed by atoms with van der Waals surface area (Å²) in [6.07, 6.45) is 6.06. The molecule has 0 spiro atoms. The second-order valence-electron chi connectivity index (χ2n) is 13.5. The molecule has 0 aromatic heterocycles. The first-order chi connectivity index (χ1) is 23.2. The summed E-state index contributed by atoms with van der Waals surface area (Å²) in [5.41, 5.74) is 2.93. The number of hydrogen-bond acceptors (Lipinski definition) is 7. The van der Waals surface area contributed by atoms with Gasteiger partial charge >= 0.3 is 5.97 Å². The average molecular weight is 697 g/mol. The molecule has 4 bridgehead atoms. The van der Waals surface area contributed by atoms with Crippen molar-refractivity contribution in [1.29, 1.82) is 0 Å². The zero-order chi connectivity index (χ0) is 33.3. The number of ether oxygens (including phenoxy) is 3. The highest BCUT2D eigenvalue weighted by molar-refractivity contribution is 6.40. The molecule has 12 heteroatoms. The first kappa shape index (κ1) is 31.7. The molecule has 1 amide bonds. The van der Waals surface area contributed by atoms with Crippen LogP contribution in [0.3, 0.4) is 0 Å². The normalized spacial score (nSPS) is 26.0. The van der Waals surface area contributed by atoms with Gasteiger partial charge in [0.05, 0.1) is 64.8 Å². The van der Waals surface area contributed by atoms with Gasteiger partial charge in [0.2, 0.25) is 0 Å². The maximum atomic E-state index is 15.7. The Labute approximate surface area is 288 Å². The number of carbonyl (C=O) groups is 2. The number of methoxy groups -OCH3 is 1. The van der Waals surface area contributed by atoms with Crippen molar-refractivity contribution >= 4 is 46.5 Å². The number of para-hydroxylation sites is 1. The predicted octanol–water partition coefficient (Wildman–Crippen LogP) is 7.00. The molecule has 5 aliphatic rings. The molecule has 1 N–H and O–H groups in total. The number of carbonyl (C=O) groups excluding carboxylic acids is 1. The molecule has 3 aromatic rings. The van der Waals surface area contributed by atoms with Gasteiger partial charge in [-0.15, -0.1) is 0 Å². The average Bonchev–Trinajstić information content (AvgIpc) is 3.48. The summed E-state index contributed by atoms with van der Waals surface area (Å²) in [6, 6.07) is 12.5. The summed E-state index contributed by atoms with van der Waals surface area (Å²) in [5, 5.41) is 10.6. The van der Waals surface area contributed by atoms with Crippen LogP contribution in [0.5, 0.6) is 5.75 Å². The third-order valence-corrected chi connectivity index (χ3v) is 11.4. The van der Waals surface area contributed by atoms with E-state index < -0.39 is 11.8 Å². The van der Waals surface area contributed by atoms with Crippen LogP contribution in [-0.2, 0) is 16.0 Å². The molecule has 0 aliphatic carbocycles. The molecule has 5 aliphatic heterocycles. The van der Waals surface area contributed by atoms with Crippen molar-refractivity contribution in [1.82, 2.24) is 4.90 Å². The van der Waals surface area contributed by atoms with Crippen LogP contribution in [-0.4, -0.2) is 79.2 Å². The summed E-state index contributed by atoms with van der Waals surface area (Å²) in [6.45, 7) is 1.10. The van der Waals surface area contributed by atoms with Gasteiger partial charge in [0.25, 0.3) is 5.91 Å². The zero-order valence-electron chi connectivity index (χ0n) is 26.5. The molecule has 2 unspecified atom stereocenters. The summed E-state index contributed by atoms with van der Waals surface area (Å²) < 4.78 is 33.3. The largest absolute Gasteiger partial charge is 0.478 e. The second-order valence-corrected chi connectivity index (χ2v) is 14.3. The van der Waals surface area contributed by atoms with Crippen molar-refractivity contribution in [3.8, 4) is 16.9 Å². The number of morpholine rings is 1. The highest BCUT2D eigenvalue weighted by Gasteiger charge is 2.42. The lowest BCUT2D eigenvalue weighted by Crippen LogP contribution is -2.46. The molecule has 3 aromatic carbocycles. The van der Waals surface area contributed by atoms with E-state index in [2.05, 4.69) is 9.80 Å². The minimum Gasteiger partial charge on any atom is -0.478 e. The highest BCUT2D eigenvalue weighted by atomic mass is 35.5. The zero-order valence-corrected chi connectivity index (χ0v) is 28.0. The number of benzene rings is 3. The highest BCUT2D eigenvalue weighted by Crippen LogP contribution is 2.45. The van der Waals surface area contributed by atoms with Gasteiger partial charge in [-0.3, -0.25) is 4.79 Å².